The number of hydrogen-bond donors (Lipinski definition) is 0. The van der Waals surface area contributed by atoms with Gasteiger partial charge in [-0.1, -0.05) is 30.7 Å². The van der Waals surface area contributed by atoms with E-state index in [1.807, 2.05) is 25.1 Å². The number of benzene rings is 1. The predicted octanol–water partition coefficient (Wildman–Crippen LogP) is 3.44. The molecule has 0 amide bonds. The first-order valence-electron chi connectivity index (χ1n) is 6.78. The van der Waals surface area contributed by atoms with Crippen molar-refractivity contribution in [2.75, 3.05) is 0 Å². The van der Waals surface area contributed by atoms with Crippen LogP contribution in [-0.4, -0.2) is 14.5 Å². The van der Waals surface area contributed by atoms with Gasteiger partial charge in [-0.3, -0.25) is 14.3 Å². The summed E-state index contributed by atoms with van der Waals surface area (Å²) in [7, 11) is 0. The summed E-state index contributed by atoms with van der Waals surface area (Å²) in [6, 6.07) is 10.8. The monoisotopic (exact) mass is 299 g/mol. The highest BCUT2D eigenvalue weighted by molar-refractivity contribution is 6.34. The van der Waals surface area contributed by atoms with Crippen molar-refractivity contribution in [1.82, 2.24) is 14.5 Å². The lowest BCUT2D eigenvalue weighted by Gasteiger charge is -2.17. The quantitative estimate of drug-likeness (QED) is 0.744. The average Bonchev–Trinajstić information content (AvgIpc) is 2.52. The summed E-state index contributed by atoms with van der Waals surface area (Å²) in [6.07, 6.45) is 4.04. The van der Waals surface area contributed by atoms with E-state index in [-0.39, 0.29) is 11.6 Å². The molecule has 3 rings (SSSR count). The maximum absolute atomic E-state index is 12.7. The molecule has 0 aliphatic heterocycles. The highest BCUT2D eigenvalue weighted by Crippen LogP contribution is 2.21. The van der Waals surface area contributed by atoms with Gasteiger partial charge in [0, 0.05) is 6.20 Å². The lowest BCUT2D eigenvalue weighted by Crippen LogP contribution is -2.26. The number of hydrogen-bond acceptors (Lipinski definition) is 3. The van der Waals surface area contributed by atoms with Gasteiger partial charge >= 0.3 is 0 Å². The molecule has 3 aromatic rings. The Morgan fingerprint density at radius 3 is 2.76 bits per heavy atom. The molecule has 5 heteroatoms. The van der Waals surface area contributed by atoms with Crippen LogP contribution in [0.2, 0.25) is 5.02 Å². The van der Waals surface area contributed by atoms with Gasteiger partial charge in [0.15, 0.2) is 0 Å². The van der Waals surface area contributed by atoms with Crippen LogP contribution in [0.25, 0.3) is 10.9 Å². The van der Waals surface area contributed by atoms with Gasteiger partial charge < -0.3 is 0 Å². The Bertz CT molecular complexity index is 830. The summed E-state index contributed by atoms with van der Waals surface area (Å²) in [5.41, 5.74) is 1.29. The summed E-state index contributed by atoms with van der Waals surface area (Å²) < 4.78 is 1.63. The van der Waals surface area contributed by atoms with Crippen LogP contribution >= 0.6 is 11.6 Å². The Hall–Kier alpha value is -2.20. The molecular weight excluding hydrogens is 286 g/mol. The van der Waals surface area contributed by atoms with Gasteiger partial charge in [-0.2, -0.15) is 0 Å². The summed E-state index contributed by atoms with van der Waals surface area (Å²) in [5.74, 6) is 0. The topological polar surface area (TPSA) is 47.8 Å². The molecule has 0 aliphatic rings. The van der Waals surface area contributed by atoms with E-state index in [0.717, 1.165) is 12.1 Å². The summed E-state index contributed by atoms with van der Waals surface area (Å²) in [5, 5.41) is 1.02. The van der Waals surface area contributed by atoms with E-state index in [1.54, 1.807) is 35.3 Å². The van der Waals surface area contributed by atoms with Crippen LogP contribution in [-0.2, 0) is 0 Å². The second kappa shape index (κ2) is 5.66. The van der Waals surface area contributed by atoms with Crippen molar-refractivity contribution in [3.63, 3.8) is 0 Å². The van der Waals surface area contributed by atoms with Gasteiger partial charge in [0.05, 0.1) is 34.0 Å². The van der Waals surface area contributed by atoms with Gasteiger partial charge in [-0.15, -0.1) is 0 Å². The van der Waals surface area contributed by atoms with Crippen LogP contribution in [0.5, 0.6) is 0 Å². The molecule has 2 aromatic heterocycles. The van der Waals surface area contributed by atoms with Crippen molar-refractivity contribution in [3.05, 3.63) is 70.0 Å². The minimum atomic E-state index is -0.130. The first-order valence-corrected chi connectivity index (χ1v) is 7.16. The van der Waals surface area contributed by atoms with E-state index in [4.69, 9.17) is 11.6 Å². The molecule has 0 N–H and O–H groups in total. The molecule has 2 heterocycles. The van der Waals surface area contributed by atoms with Crippen molar-refractivity contribution in [3.8, 4) is 0 Å². The largest absolute Gasteiger partial charge is 0.290 e. The molecule has 1 aromatic carbocycles. The first-order chi connectivity index (χ1) is 10.2. The average molecular weight is 300 g/mol. The van der Waals surface area contributed by atoms with Gasteiger partial charge in [0.25, 0.3) is 5.56 Å². The number of pyridine rings is 1. The Morgan fingerprint density at radius 1 is 1.19 bits per heavy atom. The van der Waals surface area contributed by atoms with Crippen LogP contribution in [0, 0.1) is 0 Å². The molecule has 0 fully saturated rings. The summed E-state index contributed by atoms with van der Waals surface area (Å²) in [4.78, 5) is 21.4. The molecular formula is C16H14ClN3O. The lowest BCUT2D eigenvalue weighted by atomic mass is 10.1. The standard InChI is InChI=1S/C16H14ClN3O/c1-2-14(13-8-3-4-9-18-13)20-10-19-15-11(16(20)21)6-5-7-12(15)17/h3-10,14H,2H2,1H3. The predicted molar refractivity (Wildman–Crippen MR) is 83.7 cm³/mol. The summed E-state index contributed by atoms with van der Waals surface area (Å²) in [6.45, 7) is 2.02. The normalized spacial score (nSPS) is 12.5. The van der Waals surface area contributed by atoms with Crippen LogP contribution in [0.3, 0.4) is 0 Å². The fraction of sp³-hybridized carbons (Fsp3) is 0.188. The number of para-hydroxylation sites is 1. The zero-order chi connectivity index (χ0) is 14.8. The van der Waals surface area contributed by atoms with Gasteiger partial charge in [-0.25, -0.2) is 4.98 Å². The number of fused-ring (bicyclic) bond motifs is 1. The second-order valence-corrected chi connectivity index (χ2v) is 5.18. The van der Waals surface area contributed by atoms with E-state index in [0.29, 0.717) is 15.9 Å². The number of nitrogens with zero attached hydrogens (tertiary/aromatic N) is 3. The van der Waals surface area contributed by atoms with Gasteiger partial charge in [0.1, 0.15) is 0 Å². The van der Waals surface area contributed by atoms with E-state index < -0.39 is 0 Å². The minimum absolute atomic E-state index is 0.0972. The molecule has 0 bridgehead atoms. The lowest BCUT2D eigenvalue weighted by molar-refractivity contribution is 0.531. The van der Waals surface area contributed by atoms with Crippen LogP contribution in [0.15, 0.2) is 53.7 Å². The Balaban J connectivity index is 2.21. The Labute approximate surface area is 127 Å². The third kappa shape index (κ3) is 2.43. The van der Waals surface area contributed by atoms with Crippen molar-refractivity contribution in [1.29, 1.82) is 0 Å². The van der Waals surface area contributed by atoms with E-state index >= 15 is 0 Å². The number of aromatic nitrogens is 3. The second-order valence-electron chi connectivity index (χ2n) is 4.77. The van der Waals surface area contributed by atoms with E-state index in [9.17, 15) is 4.79 Å². The maximum Gasteiger partial charge on any atom is 0.261 e. The SMILES string of the molecule is CCC(c1ccccn1)n1cnc2c(Cl)cccc2c1=O. The highest BCUT2D eigenvalue weighted by Gasteiger charge is 2.16. The molecule has 0 radical (unpaired) electrons. The molecule has 1 unspecified atom stereocenters. The molecule has 0 aliphatic carbocycles. The molecule has 0 spiro atoms. The maximum atomic E-state index is 12.7. The molecule has 106 valence electrons. The van der Waals surface area contributed by atoms with Crippen molar-refractivity contribution < 1.29 is 0 Å². The smallest absolute Gasteiger partial charge is 0.261 e. The molecule has 0 saturated heterocycles. The fourth-order valence-corrected chi connectivity index (χ4v) is 2.70. The highest BCUT2D eigenvalue weighted by atomic mass is 35.5. The fourth-order valence-electron chi connectivity index (χ4n) is 2.47. The van der Waals surface area contributed by atoms with Crippen LogP contribution < -0.4 is 5.56 Å². The molecule has 4 nitrogen and oxygen atoms in total. The Kier molecular flexibility index (Phi) is 3.71. The number of rotatable bonds is 3. The van der Waals surface area contributed by atoms with Crippen LogP contribution in [0.1, 0.15) is 25.1 Å². The first kappa shape index (κ1) is 13.8. The third-order valence-corrected chi connectivity index (χ3v) is 3.82. The zero-order valence-corrected chi connectivity index (χ0v) is 12.3. The van der Waals surface area contributed by atoms with Gasteiger partial charge in [0.2, 0.25) is 0 Å². The molecule has 0 saturated carbocycles. The van der Waals surface area contributed by atoms with Crippen molar-refractivity contribution in [2.45, 2.75) is 19.4 Å². The minimum Gasteiger partial charge on any atom is -0.290 e. The van der Waals surface area contributed by atoms with E-state index in [1.165, 1.54) is 0 Å². The van der Waals surface area contributed by atoms with E-state index in [2.05, 4.69) is 9.97 Å². The Morgan fingerprint density at radius 2 is 2.05 bits per heavy atom. The van der Waals surface area contributed by atoms with Crippen molar-refractivity contribution in [2.24, 2.45) is 0 Å². The number of halogens is 1. The summed E-state index contributed by atoms with van der Waals surface area (Å²) >= 11 is 6.09. The molecule has 1 atom stereocenters. The molecule has 21 heavy (non-hydrogen) atoms. The van der Waals surface area contributed by atoms with Crippen LogP contribution in [0.4, 0.5) is 0 Å². The van der Waals surface area contributed by atoms with Crippen molar-refractivity contribution >= 4 is 22.5 Å². The zero-order valence-electron chi connectivity index (χ0n) is 11.5. The third-order valence-electron chi connectivity index (χ3n) is 3.51. The van der Waals surface area contributed by atoms with Gasteiger partial charge in [-0.05, 0) is 30.7 Å².